The van der Waals surface area contributed by atoms with E-state index in [0.29, 0.717) is 11.3 Å². The van der Waals surface area contributed by atoms with Crippen LogP contribution in [0.1, 0.15) is 40.5 Å². The molecule has 0 aromatic carbocycles. The van der Waals surface area contributed by atoms with Crippen LogP contribution in [-0.2, 0) is 19.4 Å². The minimum atomic E-state index is -3.52. The largest absolute Gasteiger partial charge is 0.475 e. The summed E-state index contributed by atoms with van der Waals surface area (Å²) in [4.78, 5) is 10.7. The van der Waals surface area contributed by atoms with E-state index in [2.05, 4.69) is 0 Å². The second-order valence-electron chi connectivity index (χ2n) is 5.39. The number of sulfone groups is 1. The molecule has 2 rings (SSSR count). The molecule has 1 saturated carbocycles. The quantitative estimate of drug-likeness (QED) is 0.738. The van der Waals surface area contributed by atoms with Crippen LogP contribution in [0.15, 0.2) is 22.3 Å². The number of carbonyl (C=O) groups excluding carboxylic acids is 1. The Morgan fingerprint density at radius 3 is 2.33 bits per heavy atom. The van der Waals surface area contributed by atoms with E-state index in [1.165, 1.54) is 19.9 Å². The first-order chi connectivity index (χ1) is 8.17. The van der Waals surface area contributed by atoms with E-state index in [1.807, 2.05) is 0 Å². The summed E-state index contributed by atoms with van der Waals surface area (Å²) in [6.45, 7) is 6.32. The van der Waals surface area contributed by atoms with E-state index >= 15 is 0 Å². The van der Waals surface area contributed by atoms with Crippen LogP contribution in [0.4, 0.5) is 0 Å². The maximum Gasteiger partial charge on any atom is 0.221 e. The molecule has 0 unspecified atom stereocenters. The first-order valence-corrected chi connectivity index (χ1v) is 7.52. The van der Waals surface area contributed by atoms with Gasteiger partial charge in [0.05, 0.1) is 0 Å². The summed E-state index contributed by atoms with van der Waals surface area (Å²) in [6.07, 6.45) is 3.29. The van der Waals surface area contributed by atoms with Crippen LogP contribution in [0, 0.1) is 5.92 Å². The van der Waals surface area contributed by atoms with Crippen molar-refractivity contribution in [2.75, 3.05) is 0 Å². The van der Waals surface area contributed by atoms with Crippen molar-refractivity contribution in [3.8, 4) is 0 Å². The van der Waals surface area contributed by atoms with Gasteiger partial charge in [-0.05, 0) is 52.2 Å². The third-order valence-electron chi connectivity index (χ3n) is 3.37. The average Bonchev–Trinajstić information content (AvgIpc) is 3.03. The van der Waals surface area contributed by atoms with Gasteiger partial charge in [-0.25, -0.2) is 8.42 Å². The average molecular weight is 270 g/mol. The number of ether oxygens (including phenoxy) is 1. The van der Waals surface area contributed by atoms with Crippen molar-refractivity contribution in [3.63, 3.8) is 0 Å². The molecule has 1 heterocycles. The zero-order valence-electron chi connectivity index (χ0n) is 11.1. The maximum absolute atomic E-state index is 12.2. The van der Waals surface area contributed by atoms with Crippen LogP contribution >= 0.6 is 0 Å². The molecule has 0 N–H and O–H groups in total. The monoisotopic (exact) mass is 270 g/mol. The van der Waals surface area contributed by atoms with Gasteiger partial charge in [-0.2, -0.15) is 0 Å². The normalized spacial score (nSPS) is 26.1. The minimum absolute atomic E-state index is 0.0511. The van der Waals surface area contributed by atoms with Gasteiger partial charge in [-0.1, -0.05) is 0 Å². The highest BCUT2D eigenvalue weighted by atomic mass is 32.2. The standard InChI is InChI=1S/C13H18O4S/c1-8(12(14)10-5-6-10)7-11-9(2)17-13(3,4)18(11,15)16/h7,10H,5-6H2,1-4H3/b8-7+. The Morgan fingerprint density at radius 2 is 1.94 bits per heavy atom. The molecule has 100 valence electrons. The van der Waals surface area contributed by atoms with Crippen molar-refractivity contribution in [2.45, 2.75) is 45.5 Å². The van der Waals surface area contributed by atoms with Crippen molar-refractivity contribution in [3.05, 3.63) is 22.3 Å². The smallest absolute Gasteiger partial charge is 0.221 e. The van der Waals surface area contributed by atoms with Crippen LogP contribution in [-0.4, -0.2) is 19.1 Å². The molecule has 1 aliphatic heterocycles. The Morgan fingerprint density at radius 1 is 1.39 bits per heavy atom. The van der Waals surface area contributed by atoms with E-state index in [0.717, 1.165) is 12.8 Å². The first kappa shape index (κ1) is 13.3. The summed E-state index contributed by atoms with van der Waals surface area (Å²) in [6, 6.07) is 0. The lowest BCUT2D eigenvalue weighted by Gasteiger charge is -2.17. The number of carbonyl (C=O) groups is 1. The van der Waals surface area contributed by atoms with Crippen LogP contribution in [0.2, 0.25) is 0 Å². The predicted octanol–water partition coefficient (Wildman–Crippen LogP) is 2.32. The summed E-state index contributed by atoms with van der Waals surface area (Å²) < 4.78 is 29.8. The van der Waals surface area contributed by atoms with E-state index in [4.69, 9.17) is 4.74 Å². The molecule has 1 aliphatic carbocycles. The van der Waals surface area contributed by atoms with Gasteiger partial charge in [0, 0.05) is 5.92 Å². The summed E-state index contributed by atoms with van der Waals surface area (Å²) in [5.41, 5.74) is 0.497. The van der Waals surface area contributed by atoms with Gasteiger partial charge < -0.3 is 4.74 Å². The highest BCUT2D eigenvalue weighted by Crippen LogP contribution is 2.39. The van der Waals surface area contributed by atoms with E-state index in [9.17, 15) is 13.2 Å². The fourth-order valence-corrected chi connectivity index (χ4v) is 3.56. The summed E-state index contributed by atoms with van der Waals surface area (Å²) in [5.74, 6) is 0.512. The van der Waals surface area contributed by atoms with Gasteiger partial charge in [0.15, 0.2) is 5.78 Å². The number of hydrogen-bond acceptors (Lipinski definition) is 4. The topological polar surface area (TPSA) is 60.4 Å². The molecule has 5 heteroatoms. The van der Waals surface area contributed by atoms with Crippen molar-refractivity contribution >= 4 is 15.6 Å². The van der Waals surface area contributed by atoms with Crippen molar-refractivity contribution in [1.29, 1.82) is 0 Å². The second kappa shape index (κ2) is 3.95. The number of allylic oxidation sites excluding steroid dienone is 3. The van der Waals surface area contributed by atoms with Crippen LogP contribution in [0.25, 0.3) is 0 Å². The van der Waals surface area contributed by atoms with Gasteiger partial charge in [0.2, 0.25) is 14.8 Å². The Bertz CT molecular complexity index is 560. The summed E-state index contributed by atoms with van der Waals surface area (Å²) >= 11 is 0. The van der Waals surface area contributed by atoms with Crippen LogP contribution in [0.5, 0.6) is 0 Å². The molecule has 0 radical (unpaired) electrons. The number of rotatable bonds is 3. The number of hydrogen-bond donors (Lipinski definition) is 0. The first-order valence-electron chi connectivity index (χ1n) is 6.04. The Labute approximate surface area is 108 Å². The van der Waals surface area contributed by atoms with Gasteiger partial charge in [0.25, 0.3) is 0 Å². The highest BCUT2D eigenvalue weighted by Gasteiger charge is 2.46. The number of ketones is 1. The lowest BCUT2D eigenvalue weighted by atomic mass is 10.1. The lowest BCUT2D eigenvalue weighted by molar-refractivity contribution is -0.116. The van der Waals surface area contributed by atoms with Crippen molar-refractivity contribution < 1.29 is 17.9 Å². The summed E-state index contributed by atoms with van der Waals surface area (Å²) in [5, 5.41) is 0. The van der Waals surface area contributed by atoms with Crippen LogP contribution < -0.4 is 0 Å². The minimum Gasteiger partial charge on any atom is -0.475 e. The van der Waals surface area contributed by atoms with Gasteiger partial charge in [0.1, 0.15) is 10.7 Å². The van der Waals surface area contributed by atoms with Crippen LogP contribution in [0.3, 0.4) is 0 Å². The van der Waals surface area contributed by atoms with E-state index < -0.39 is 14.8 Å². The maximum atomic E-state index is 12.2. The number of Topliss-reactive ketones (excluding diaryl/α,β-unsaturated/α-hetero) is 1. The van der Waals surface area contributed by atoms with Gasteiger partial charge in [-0.3, -0.25) is 4.79 Å². The second-order valence-corrected chi connectivity index (χ2v) is 7.82. The molecule has 18 heavy (non-hydrogen) atoms. The Kier molecular flexibility index (Phi) is 2.93. The molecular weight excluding hydrogens is 252 g/mol. The third-order valence-corrected chi connectivity index (χ3v) is 5.73. The molecular formula is C13H18O4S. The molecule has 2 aliphatic rings. The molecule has 0 bridgehead atoms. The van der Waals surface area contributed by atoms with E-state index in [1.54, 1.807) is 13.8 Å². The molecule has 0 amide bonds. The molecule has 4 nitrogen and oxygen atoms in total. The SMILES string of the molecule is CC1=C(/C=C(\C)C(=O)C2CC2)S(=O)(=O)C(C)(C)O1. The Hall–Kier alpha value is -1.10. The predicted molar refractivity (Wildman–Crippen MR) is 68.3 cm³/mol. The van der Waals surface area contributed by atoms with Crippen molar-refractivity contribution in [1.82, 2.24) is 0 Å². The zero-order valence-corrected chi connectivity index (χ0v) is 11.9. The zero-order chi connectivity index (χ0) is 13.7. The highest BCUT2D eigenvalue weighted by molar-refractivity contribution is 7.96. The Balaban J connectivity index is 2.37. The molecule has 0 aromatic heterocycles. The summed E-state index contributed by atoms with van der Waals surface area (Å²) in [7, 11) is -3.52. The molecule has 0 spiro atoms. The molecule has 0 atom stereocenters. The molecule has 0 aromatic rings. The van der Waals surface area contributed by atoms with E-state index in [-0.39, 0.29) is 16.6 Å². The molecule has 0 saturated heterocycles. The fraction of sp³-hybridized carbons (Fsp3) is 0.615. The van der Waals surface area contributed by atoms with Gasteiger partial charge >= 0.3 is 0 Å². The lowest BCUT2D eigenvalue weighted by Crippen LogP contribution is -2.29. The third kappa shape index (κ3) is 2.00. The molecule has 1 fully saturated rings. The van der Waals surface area contributed by atoms with Crippen molar-refractivity contribution in [2.24, 2.45) is 5.92 Å². The fourth-order valence-electron chi connectivity index (χ4n) is 2.04. The van der Waals surface area contributed by atoms with Gasteiger partial charge in [-0.15, -0.1) is 0 Å².